The Balaban J connectivity index is 2.10. The van der Waals surface area contributed by atoms with Crippen LogP contribution >= 0.6 is 0 Å². The van der Waals surface area contributed by atoms with Crippen molar-refractivity contribution in [3.8, 4) is 5.75 Å². The Morgan fingerprint density at radius 2 is 2.13 bits per heavy atom. The van der Waals surface area contributed by atoms with Crippen LogP contribution in [0, 0.1) is 0 Å². The predicted molar refractivity (Wildman–Crippen MR) is 84.1 cm³/mol. The molecule has 1 aliphatic heterocycles. The maximum atomic E-state index is 11.8. The van der Waals surface area contributed by atoms with E-state index in [2.05, 4.69) is 5.32 Å². The van der Waals surface area contributed by atoms with Gasteiger partial charge < -0.3 is 10.4 Å². The summed E-state index contributed by atoms with van der Waals surface area (Å²) >= 11 is 0. The molecule has 126 valence electrons. The normalized spacial score (nSPS) is 16.5. The average Bonchev–Trinajstić information content (AvgIpc) is 2.68. The number of phenolic OH excluding ortho intramolecular Hbond substituents is 1. The highest BCUT2D eigenvalue weighted by Gasteiger charge is 2.35. The molecule has 23 heavy (non-hydrogen) atoms. The molecule has 1 heterocycles. The molecule has 0 aliphatic carbocycles. The number of amides is 2. The molecule has 0 bridgehead atoms. The number of aryl methyl sites for hydroxylation is 1. The predicted octanol–water partition coefficient (Wildman–Crippen LogP) is 0.0304. The van der Waals surface area contributed by atoms with E-state index < -0.39 is 16.1 Å². The van der Waals surface area contributed by atoms with E-state index in [9.17, 15) is 23.1 Å². The van der Waals surface area contributed by atoms with Crippen LogP contribution in [-0.2, 0) is 26.2 Å². The summed E-state index contributed by atoms with van der Waals surface area (Å²) < 4.78 is 26.2. The quantitative estimate of drug-likeness (QED) is 0.699. The van der Waals surface area contributed by atoms with Gasteiger partial charge in [-0.25, -0.2) is 9.03 Å². The molecule has 3 N–H and O–H groups in total. The van der Waals surface area contributed by atoms with Gasteiger partial charge in [0.2, 0.25) is 5.91 Å². The van der Waals surface area contributed by atoms with Gasteiger partial charge in [0.1, 0.15) is 12.3 Å². The summed E-state index contributed by atoms with van der Waals surface area (Å²) in [5.41, 5.74) is 0.722. The molecule has 0 saturated carbocycles. The van der Waals surface area contributed by atoms with Crippen molar-refractivity contribution in [2.24, 2.45) is 0 Å². The summed E-state index contributed by atoms with van der Waals surface area (Å²) in [6.45, 7) is 3.36. The first-order valence-electron chi connectivity index (χ1n) is 7.13. The number of rotatable bonds is 5. The Morgan fingerprint density at radius 3 is 2.65 bits per heavy atom. The summed E-state index contributed by atoms with van der Waals surface area (Å²) in [5, 5.41) is 12.8. The molecule has 0 aromatic heterocycles. The highest BCUT2D eigenvalue weighted by molar-refractivity contribution is 7.92. The van der Waals surface area contributed by atoms with Crippen LogP contribution in [0.15, 0.2) is 18.2 Å². The largest absolute Gasteiger partial charge is 0.506 e. The highest BCUT2D eigenvalue weighted by atomic mass is 32.2. The Morgan fingerprint density at radius 1 is 1.43 bits per heavy atom. The van der Waals surface area contributed by atoms with Crippen molar-refractivity contribution >= 4 is 27.7 Å². The summed E-state index contributed by atoms with van der Waals surface area (Å²) in [6, 6.07) is 4.50. The number of nitrogens with one attached hydrogen (secondary N) is 2. The summed E-state index contributed by atoms with van der Waals surface area (Å²) in [7, 11) is -3.95. The summed E-state index contributed by atoms with van der Waals surface area (Å²) in [5.74, 6) is -1.01. The maximum Gasteiger partial charge on any atom is 0.326 e. The fourth-order valence-corrected chi connectivity index (χ4v) is 3.41. The molecule has 1 saturated heterocycles. The van der Waals surface area contributed by atoms with E-state index in [4.69, 9.17) is 0 Å². The minimum Gasteiger partial charge on any atom is -0.506 e. The molecule has 1 aliphatic rings. The van der Waals surface area contributed by atoms with Gasteiger partial charge >= 0.3 is 10.2 Å². The number of phenols is 1. The third-order valence-electron chi connectivity index (χ3n) is 3.22. The topological polar surface area (TPSA) is 116 Å². The van der Waals surface area contributed by atoms with Gasteiger partial charge in [0.05, 0.1) is 5.69 Å². The van der Waals surface area contributed by atoms with Gasteiger partial charge in [-0.2, -0.15) is 8.42 Å². The number of benzene rings is 1. The molecule has 0 spiro atoms. The molecule has 0 unspecified atom stereocenters. The second-order valence-electron chi connectivity index (χ2n) is 5.58. The van der Waals surface area contributed by atoms with Crippen molar-refractivity contribution in [1.82, 2.24) is 10.0 Å². The van der Waals surface area contributed by atoms with Crippen LogP contribution in [0.2, 0.25) is 0 Å². The Kier molecular flexibility index (Phi) is 4.79. The third kappa shape index (κ3) is 4.13. The summed E-state index contributed by atoms with van der Waals surface area (Å²) in [6.07, 6.45) is 0.676. The standard InChI is InChI=1S/C14H19N3O5S/c1-9(2)15-13(19)6-4-10-3-5-11(12(18)7-10)17-8-14(20)16-23(17,21)22/h3,5,7,9,18H,4,6,8H2,1-2H3,(H,15,19)(H,16,20). The fourth-order valence-electron chi connectivity index (χ4n) is 2.25. The zero-order valence-corrected chi connectivity index (χ0v) is 13.7. The van der Waals surface area contributed by atoms with Crippen LogP contribution in [0.4, 0.5) is 5.69 Å². The number of hydrogen-bond donors (Lipinski definition) is 3. The van der Waals surface area contributed by atoms with Crippen LogP contribution in [0.1, 0.15) is 25.8 Å². The highest BCUT2D eigenvalue weighted by Crippen LogP contribution is 2.31. The molecule has 0 atom stereocenters. The first kappa shape index (κ1) is 17.1. The number of aromatic hydroxyl groups is 1. The average molecular weight is 341 g/mol. The smallest absolute Gasteiger partial charge is 0.326 e. The van der Waals surface area contributed by atoms with Gasteiger partial charge in [-0.1, -0.05) is 6.07 Å². The van der Waals surface area contributed by atoms with Crippen LogP contribution in [0.3, 0.4) is 0 Å². The van der Waals surface area contributed by atoms with E-state index in [1.54, 1.807) is 6.07 Å². The van der Waals surface area contributed by atoms with Gasteiger partial charge in [-0.3, -0.25) is 9.59 Å². The van der Waals surface area contributed by atoms with Crippen molar-refractivity contribution in [2.75, 3.05) is 10.8 Å². The van der Waals surface area contributed by atoms with Crippen LogP contribution in [0.5, 0.6) is 5.75 Å². The molecule has 1 fully saturated rings. The molecular formula is C14H19N3O5S. The van der Waals surface area contributed by atoms with E-state index in [-0.39, 0.29) is 36.4 Å². The van der Waals surface area contributed by atoms with Gasteiger partial charge in [0.15, 0.2) is 0 Å². The molecular weight excluding hydrogens is 322 g/mol. The van der Waals surface area contributed by atoms with Crippen molar-refractivity contribution in [3.05, 3.63) is 23.8 Å². The Bertz CT molecular complexity index is 730. The fraction of sp³-hybridized carbons (Fsp3) is 0.429. The zero-order valence-electron chi connectivity index (χ0n) is 12.9. The maximum absolute atomic E-state index is 11.8. The molecule has 0 radical (unpaired) electrons. The monoisotopic (exact) mass is 341 g/mol. The Hall–Kier alpha value is -2.29. The minimum atomic E-state index is -3.95. The van der Waals surface area contributed by atoms with Crippen LogP contribution in [-0.4, -0.2) is 37.9 Å². The van der Waals surface area contributed by atoms with Crippen LogP contribution < -0.4 is 14.3 Å². The third-order valence-corrected chi connectivity index (χ3v) is 4.61. The van der Waals surface area contributed by atoms with Gasteiger partial charge in [0.25, 0.3) is 5.91 Å². The summed E-state index contributed by atoms with van der Waals surface area (Å²) in [4.78, 5) is 22.8. The lowest BCUT2D eigenvalue weighted by Gasteiger charge is -2.16. The second kappa shape index (κ2) is 6.45. The van der Waals surface area contributed by atoms with E-state index >= 15 is 0 Å². The van der Waals surface area contributed by atoms with Gasteiger partial charge in [-0.05, 0) is 38.0 Å². The lowest BCUT2D eigenvalue weighted by atomic mass is 10.1. The van der Waals surface area contributed by atoms with Gasteiger partial charge in [0, 0.05) is 12.5 Å². The molecule has 8 nitrogen and oxygen atoms in total. The van der Waals surface area contributed by atoms with Crippen molar-refractivity contribution in [1.29, 1.82) is 0 Å². The molecule has 1 aromatic carbocycles. The minimum absolute atomic E-state index is 0.0266. The molecule has 1 aromatic rings. The lowest BCUT2D eigenvalue weighted by Crippen LogP contribution is -2.30. The second-order valence-corrected chi connectivity index (χ2v) is 7.18. The SMILES string of the molecule is CC(C)NC(=O)CCc1ccc(N2CC(=O)NS2(=O)=O)c(O)c1. The van der Waals surface area contributed by atoms with E-state index in [0.717, 1.165) is 4.31 Å². The van der Waals surface area contributed by atoms with Crippen LogP contribution in [0.25, 0.3) is 0 Å². The first-order valence-corrected chi connectivity index (χ1v) is 8.57. The van der Waals surface area contributed by atoms with Crippen molar-refractivity contribution in [3.63, 3.8) is 0 Å². The molecule has 2 amide bonds. The lowest BCUT2D eigenvalue weighted by molar-refractivity contribution is -0.121. The number of hydrogen-bond acceptors (Lipinski definition) is 5. The van der Waals surface area contributed by atoms with E-state index in [0.29, 0.717) is 12.0 Å². The van der Waals surface area contributed by atoms with Gasteiger partial charge in [-0.15, -0.1) is 0 Å². The number of carbonyl (C=O) groups is 2. The van der Waals surface area contributed by atoms with E-state index in [1.807, 2.05) is 18.6 Å². The van der Waals surface area contributed by atoms with Crippen molar-refractivity contribution in [2.45, 2.75) is 32.7 Å². The number of nitrogens with zero attached hydrogens (tertiary/aromatic N) is 1. The van der Waals surface area contributed by atoms with Crippen molar-refractivity contribution < 1.29 is 23.1 Å². The van der Waals surface area contributed by atoms with E-state index in [1.165, 1.54) is 12.1 Å². The molecule has 2 rings (SSSR count). The molecule has 9 heteroatoms. The first-order chi connectivity index (χ1) is 10.7. The number of carbonyl (C=O) groups excluding carboxylic acids is 2. The zero-order chi connectivity index (χ0) is 17.2. The Labute approximate surface area is 134 Å². The number of anilines is 1.